The van der Waals surface area contributed by atoms with E-state index >= 15 is 0 Å². The number of anilines is 3. The van der Waals surface area contributed by atoms with Gasteiger partial charge >= 0.3 is 0 Å². The zero-order valence-corrected chi connectivity index (χ0v) is 27.5. The van der Waals surface area contributed by atoms with Gasteiger partial charge in [0.05, 0.1) is 11.1 Å². The first kappa shape index (κ1) is 28.6. The molecule has 50 heavy (non-hydrogen) atoms. The summed E-state index contributed by atoms with van der Waals surface area (Å²) < 4.78 is 0. The van der Waals surface area contributed by atoms with Gasteiger partial charge in [-0.25, -0.2) is 0 Å². The topological polar surface area (TPSA) is 3.24 Å². The SMILES string of the molecule is c1ccc(C2(c3ccccc3)c3ccccc3-c3ccc(N(c4ccc5c(ccc6ccccc65)c4)c4cccc5ccccc45)cc32)cc1. The Morgan fingerprint density at radius 2 is 0.860 bits per heavy atom. The maximum atomic E-state index is 2.46. The fraction of sp³-hybridized carbons (Fsp3) is 0.0204. The van der Waals surface area contributed by atoms with Crippen molar-refractivity contribution in [2.24, 2.45) is 0 Å². The third-order valence-corrected chi connectivity index (χ3v) is 10.7. The van der Waals surface area contributed by atoms with Crippen LogP contribution in [-0.2, 0) is 5.41 Å². The molecule has 0 bridgehead atoms. The standard InChI is InChI=1S/C49H33N/c1-3-17-37(18-4-1)49(38-19-5-2-6-20-38)46-24-12-11-23-44(46)45-31-29-40(33-47(45)49)50(48-25-13-16-34-14-8-10-22-43(34)48)39-28-30-42-36(32-39)27-26-35-15-7-9-21-41(35)42/h1-33H. The van der Waals surface area contributed by atoms with Crippen LogP contribution in [0.3, 0.4) is 0 Å². The number of benzene rings is 9. The molecule has 0 fully saturated rings. The van der Waals surface area contributed by atoms with Gasteiger partial charge in [0.1, 0.15) is 0 Å². The molecule has 9 aromatic rings. The molecule has 0 aromatic heterocycles. The van der Waals surface area contributed by atoms with Crippen molar-refractivity contribution in [3.05, 3.63) is 222 Å². The van der Waals surface area contributed by atoms with Crippen molar-refractivity contribution < 1.29 is 0 Å². The van der Waals surface area contributed by atoms with E-state index in [-0.39, 0.29) is 0 Å². The molecule has 0 radical (unpaired) electrons. The highest BCUT2D eigenvalue weighted by molar-refractivity contribution is 6.09. The smallest absolute Gasteiger partial charge is 0.0714 e. The van der Waals surface area contributed by atoms with Crippen molar-refractivity contribution in [1.82, 2.24) is 0 Å². The van der Waals surface area contributed by atoms with Gasteiger partial charge in [-0.3, -0.25) is 0 Å². The van der Waals surface area contributed by atoms with Crippen LogP contribution in [0.5, 0.6) is 0 Å². The van der Waals surface area contributed by atoms with Crippen LogP contribution in [-0.4, -0.2) is 0 Å². The van der Waals surface area contributed by atoms with Gasteiger partial charge in [-0.2, -0.15) is 0 Å². The Kier molecular flexibility index (Phi) is 6.47. The van der Waals surface area contributed by atoms with Crippen molar-refractivity contribution in [3.8, 4) is 11.1 Å². The second-order valence-corrected chi connectivity index (χ2v) is 13.3. The van der Waals surface area contributed by atoms with E-state index < -0.39 is 5.41 Å². The second-order valence-electron chi connectivity index (χ2n) is 13.3. The van der Waals surface area contributed by atoms with Crippen LogP contribution < -0.4 is 4.90 Å². The Hall–Kier alpha value is -6.44. The van der Waals surface area contributed by atoms with Gasteiger partial charge in [-0.15, -0.1) is 0 Å². The molecular formula is C49H33N. The fourth-order valence-corrected chi connectivity index (χ4v) is 8.54. The Labute approximate surface area is 292 Å². The maximum Gasteiger partial charge on any atom is 0.0714 e. The quantitative estimate of drug-likeness (QED) is 0.170. The highest BCUT2D eigenvalue weighted by atomic mass is 15.1. The van der Waals surface area contributed by atoms with E-state index in [2.05, 4.69) is 205 Å². The van der Waals surface area contributed by atoms with E-state index in [1.807, 2.05) is 0 Å². The minimum absolute atomic E-state index is 0.475. The van der Waals surface area contributed by atoms with Crippen LogP contribution in [0.2, 0.25) is 0 Å². The summed E-state index contributed by atoms with van der Waals surface area (Å²) in [4.78, 5) is 2.46. The molecule has 9 aromatic carbocycles. The highest BCUT2D eigenvalue weighted by Crippen LogP contribution is 2.57. The van der Waals surface area contributed by atoms with E-state index in [0.717, 1.165) is 17.1 Å². The van der Waals surface area contributed by atoms with Gasteiger partial charge in [-0.05, 0) is 90.6 Å². The number of hydrogen-bond donors (Lipinski definition) is 0. The Balaban J connectivity index is 1.27. The summed E-state index contributed by atoms with van der Waals surface area (Å²) >= 11 is 0. The molecule has 0 saturated carbocycles. The lowest BCUT2D eigenvalue weighted by Crippen LogP contribution is -2.28. The Morgan fingerprint density at radius 3 is 1.64 bits per heavy atom. The molecule has 1 heteroatoms. The van der Waals surface area contributed by atoms with Crippen LogP contribution in [0, 0.1) is 0 Å². The summed E-state index contributed by atoms with van der Waals surface area (Å²) in [5, 5.41) is 7.46. The van der Waals surface area contributed by atoms with Crippen molar-refractivity contribution in [3.63, 3.8) is 0 Å². The molecule has 0 aliphatic heterocycles. The Morgan fingerprint density at radius 1 is 0.320 bits per heavy atom. The summed E-state index contributed by atoms with van der Waals surface area (Å²) in [6.45, 7) is 0. The molecule has 0 atom stereocenters. The molecular weight excluding hydrogens is 603 g/mol. The minimum Gasteiger partial charge on any atom is -0.310 e. The largest absolute Gasteiger partial charge is 0.310 e. The van der Waals surface area contributed by atoms with Gasteiger partial charge in [0.25, 0.3) is 0 Å². The maximum absolute atomic E-state index is 2.46. The zero-order chi connectivity index (χ0) is 33.1. The Bertz CT molecular complexity index is 2660. The van der Waals surface area contributed by atoms with Crippen LogP contribution in [0.25, 0.3) is 43.4 Å². The number of rotatable bonds is 5. The molecule has 1 nitrogen and oxygen atoms in total. The van der Waals surface area contributed by atoms with Crippen molar-refractivity contribution in [2.45, 2.75) is 5.41 Å². The normalized spacial score (nSPS) is 13.0. The molecule has 0 amide bonds. The average molecular weight is 636 g/mol. The van der Waals surface area contributed by atoms with Crippen LogP contribution in [0.15, 0.2) is 200 Å². The number of fused-ring (bicyclic) bond motifs is 7. The fourth-order valence-electron chi connectivity index (χ4n) is 8.54. The zero-order valence-electron chi connectivity index (χ0n) is 27.5. The summed E-state index contributed by atoms with van der Waals surface area (Å²) in [5.41, 5.74) is 10.7. The van der Waals surface area contributed by atoms with E-state index in [1.54, 1.807) is 0 Å². The molecule has 1 aliphatic rings. The van der Waals surface area contributed by atoms with Gasteiger partial charge in [0.15, 0.2) is 0 Å². The highest BCUT2D eigenvalue weighted by Gasteiger charge is 2.46. The molecule has 0 saturated heterocycles. The van der Waals surface area contributed by atoms with Gasteiger partial charge < -0.3 is 4.90 Å². The molecule has 10 rings (SSSR count). The summed E-state index contributed by atoms with van der Waals surface area (Å²) in [5.74, 6) is 0. The van der Waals surface area contributed by atoms with E-state index in [9.17, 15) is 0 Å². The van der Waals surface area contributed by atoms with E-state index in [4.69, 9.17) is 0 Å². The van der Waals surface area contributed by atoms with Gasteiger partial charge in [-0.1, -0.05) is 170 Å². The first-order valence-corrected chi connectivity index (χ1v) is 17.4. The second kappa shape index (κ2) is 11.3. The van der Waals surface area contributed by atoms with Crippen molar-refractivity contribution in [1.29, 1.82) is 0 Å². The monoisotopic (exact) mass is 635 g/mol. The third-order valence-electron chi connectivity index (χ3n) is 10.7. The minimum atomic E-state index is -0.475. The lowest BCUT2D eigenvalue weighted by Gasteiger charge is -2.35. The predicted molar refractivity (Wildman–Crippen MR) is 211 cm³/mol. The van der Waals surface area contributed by atoms with E-state index in [0.29, 0.717) is 0 Å². The lowest BCUT2D eigenvalue weighted by molar-refractivity contribution is 0.768. The number of hydrogen-bond acceptors (Lipinski definition) is 1. The van der Waals surface area contributed by atoms with Gasteiger partial charge in [0.2, 0.25) is 0 Å². The van der Waals surface area contributed by atoms with Crippen molar-refractivity contribution >= 4 is 49.4 Å². The van der Waals surface area contributed by atoms with E-state index in [1.165, 1.54) is 65.7 Å². The molecule has 0 spiro atoms. The van der Waals surface area contributed by atoms with Crippen LogP contribution in [0.4, 0.5) is 17.1 Å². The molecule has 0 unspecified atom stereocenters. The molecule has 1 aliphatic carbocycles. The number of nitrogens with zero attached hydrogens (tertiary/aromatic N) is 1. The summed E-state index contributed by atoms with van der Waals surface area (Å²) in [7, 11) is 0. The first-order valence-electron chi connectivity index (χ1n) is 17.4. The average Bonchev–Trinajstić information content (AvgIpc) is 3.49. The molecule has 0 heterocycles. The summed E-state index contributed by atoms with van der Waals surface area (Å²) in [6.07, 6.45) is 0. The molecule has 234 valence electrons. The summed E-state index contributed by atoms with van der Waals surface area (Å²) in [6, 6.07) is 73.7. The molecule has 0 N–H and O–H groups in total. The van der Waals surface area contributed by atoms with Gasteiger partial charge in [0, 0.05) is 16.8 Å². The lowest BCUT2D eigenvalue weighted by atomic mass is 9.67. The van der Waals surface area contributed by atoms with Crippen molar-refractivity contribution in [2.75, 3.05) is 4.90 Å². The first-order chi connectivity index (χ1) is 24.8. The predicted octanol–water partition coefficient (Wildman–Crippen LogP) is 13.0. The van der Waals surface area contributed by atoms with Crippen LogP contribution in [0.1, 0.15) is 22.3 Å². The third kappa shape index (κ3) is 4.20. The van der Waals surface area contributed by atoms with Crippen LogP contribution >= 0.6 is 0 Å².